The third-order valence-corrected chi connectivity index (χ3v) is 7.52. The number of nitrogens with zero attached hydrogens (tertiary/aromatic N) is 7. The second kappa shape index (κ2) is 11.7. The lowest BCUT2D eigenvalue weighted by molar-refractivity contribution is -0.00331. The van der Waals surface area contributed by atoms with Gasteiger partial charge in [-0.25, -0.2) is 13.8 Å². The van der Waals surface area contributed by atoms with Gasteiger partial charge in [0.2, 0.25) is 5.95 Å². The number of rotatable bonds is 8. The summed E-state index contributed by atoms with van der Waals surface area (Å²) in [6, 6.07) is 11.3. The molecule has 1 saturated heterocycles. The number of nitriles is 2. The summed E-state index contributed by atoms with van der Waals surface area (Å²) in [5, 5.41) is 26.0. The summed E-state index contributed by atoms with van der Waals surface area (Å²) in [5.41, 5.74) is 7.57. The van der Waals surface area contributed by atoms with E-state index in [-0.39, 0.29) is 34.9 Å². The molecule has 0 aliphatic carbocycles. The topological polar surface area (TPSA) is 141 Å². The van der Waals surface area contributed by atoms with Crippen LogP contribution in [0.15, 0.2) is 48.9 Å². The molecule has 42 heavy (non-hydrogen) atoms. The van der Waals surface area contributed by atoms with Crippen LogP contribution in [-0.2, 0) is 10.2 Å². The Hall–Kier alpha value is -4.65. The van der Waals surface area contributed by atoms with Gasteiger partial charge in [-0.1, -0.05) is 6.92 Å². The number of halogens is 2. The molecule has 1 fully saturated rings. The number of aromatic nitrogens is 4. The second-order valence-electron chi connectivity index (χ2n) is 11.0. The lowest BCUT2D eigenvalue weighted by Gasteiger charge is -2.42. The maximum absolute atomic E-state index is 15.2. The third-order valence-electron chi connectivity index (χ3n) is 7.52. The van der Waals surface area contributed by atoms with E-state index in [9.17, 15) is 5.26 Å². The predicted octanol–water partition coefficient (Wildman–Crippen LogP) is 4.70. The van der Waals surface area contributed by atoms with Crippen LogP contribution in [0, 0.1) is 40.2 Å². The highest BCUT2D eigenvalue weighted by molar-refractivity contribution is 5.74. The van der Waals surface area contributed by atoms with Crippen molar-refractivity contribution in [3.05, 3.63) is 66.1 Å². The van der Waals surface area contributed by atoms with E-state index < -0.39 is 17.0 Å². The highest BCUT2D eigenvalue weighted by atomic mass is 19.1. The molecule has 1 aliphatic rings. The van der Waals surface area contributed by atoms with Crippen molar-refractivity contribution in [3.8, 4) is 23.4 Å². The number of anilines is 3. The molecule has 216 valence electrons. The minimum absolute atomic E-state index is 0.0737. The largest absolute Gasteiger partial charge is 0.375 e. The molecule has 0 unspecified atom stereocenters. The average Bonchev–Trinajstić information content (AvgIpc) is 3.36. The summed E-state index contributed by atoms with van der Waals surface area (Å²) < 4.78 is 37.8. The van der Waals surface area contributed by atoms with E-state index in [4.69, 9.17) is 15.7 Å². The number of imidazole rings is 1. The van der Waals surface area contributed by atoms with Crippen LogP contribution in [0.5, 0.6) is 0 Å². The van der Waals surface area contributed by atoms with Gasteiger partial charge in [-0.05, 0) is 49.7 Å². The molecule has 0 saturated carbocycles. The molecule has 3 atom stereocenters. The Kier molecular flexibility index (Phi) is 8.03. The van der Waals surface area contributed by atoms with Crippen LogP contribution < -0.4 is 16.0 Å². The van der Waals surface area contributed by atoms with Crippen LogP contribution in [-0.4, -0.2) is 51.4 Å². The minimum Gasteiger partial charge on any atom is -0.375 e. The number of nitrogens with one attached hydrogen (secondary N) is 1. The Morgan fingerprint density at radius 3 is 2.60 bits per heavy atom. The van der Waals surface area contributed by atoms with Crippen LogP contribution in [0.2, 0.25) is 0 Å². The zero-order chi connectivity index (χ0) is 30.0. The van der Waals surface area contributed by atoms with Gasteiger partial charge >= 0.3 is 0 Å². The zero-order valence-corrected chi connectivity index (χ0v) is 23.6. The number of nitrogens with two attached hydrogens (primary N) is 1. The van der Waals surface area contributed by atoms with Gasteiger partial charge in [0.15, 0.2) is 0 Å². The Labute approximate surface area is 242 Å². The van der Waals surface area contributed by atoms with Gasteiger partial charge in [0.1, 0.15) is 11.6 Å². The van der Waals surface area contributed by atoms with Gasteiger partial charge in [-0.3, -0.25) is 4.98 Å². The molecular formula is C30H31F2N9O. The third kappa shape index (κ3) is 5.59. The number of pyridine rings is 1. The van der Waals surface area contributed by atoms with Crippen molar-refractivity contribution in [2.24, 2.45) is 11.7 Å². The van der Waals surface area contributed by atoms with E-state index >= 15 is 8.78 Å². The van der Waals surface area contributed by atoms with Crippen LogP contribution in [0.3, 0.4) is 0 Å². The predicted molar refractivity (Wildman–Crippen MR) is 154 cm³/mol. The van der Waals surface area contributed by atoms with Crippen molar-refractivity contribution < 1.29 is 13.5 Å². The fourth-order valence-electron chi connectivity index (χ4n) is 5.26. The normalized spacial score (nSPS) is 19.0. The minimum atomic E-state index is -1.05. The fourth-order valence-corrected chi connectivity index (χ4v) is 5.26. The number of hydrogen-bond acceptors (Lipinski definition) is 9. The van der Waals surface area contributed by atoms with Crippen molar-refractivity contribution in [2.75, 3.05) is 29.9 Å². The van der Waals surface area contributed by atoms with Crippen LogP contribution in [0.25, 0.3) is 16.8 Å². The van der Waals surface area contributed by atoms with Gasteiger partial charge < -0.3 is 20.7 Å². The van der Waals surface area contributed by atoms with E-state index in [1.54, 1.807) is 38.5 Å². The smallest absolute Gasteiger partial charge is 0.229 e. The van der Waals surface area contributed by atoms with E-state index in [1.807, 2.05) is 6.07 Å². The zero-order valence-electron chi connectivity index (χ0n) is 23.6. The molecule has 4 aromatic rings. The van der Waals surface area contributed by atoms with Crippen molar-refractivity contribution in [2.45, 2.75) is 44.8 Å². The lowest BCUT2D eigenvalue weighted by Crippen LogP contribution is -2.56. The quantitative estimate of drug-likeness (QED) is 0.288. The number of ether oxygens (including phenoxy) is 1. The van der Waals surface area contributed by atoms with Crippen molar-refractivity contribution in [1.82, 2.24) is 19.6 Å². The fraction of sp³-hybridized carbons (Fsp3) is 0.367. The number of hydrogen-bond donors (Lipinski definition) is 2. The lowest BCUT2D eigenvalue weighted by atomic mass is 9.85. The van der Waals surface area contributed by atoms with Crippen LogP contribution in [0.4, 0.5) is 26.1 Å². The van der Waals surface area contributed by atoms with Crippen molar-refractivity contribution in [3.63, 3.8) is 0 Å². The summed E-state index contributed by atoms with van der Waals surface area (Å²) in [4.78, 5) is 10.9. The molecule has 5 rings (SSSR count). The van der Waals surface area contributed by atoms with Gasteiger partial charge in [0.25, 0.3) is 0 Å². The first kappa shape index (κ1) is 28.9. The molecule has 0 bridgehead atoms. The SMILES string of the molecule is C[C@H]1CN(c2ccncc2Nc2ncc3ccc(-c4c(F)cc(C(C)(C)C#N)cc4F)nn23)C[C@@H](N)[C@H]1OCCC#N. The van der Waals surface area contributed by atoms with Crippen LogP contribution in [0.1, 0.15) is 32.8 Å². The molecule has 4 heterocycles. The molecule has 0 spiro atoms. The van der Waals surface area contributed by atoms with Gasteiger partial charge in [0.05, 0.1) is 77.2 Å². The maximum atomic E-state index is 15.2. The highest BCUT2D eigenvalue weighted by Crippen LogP contribution is 2.34. The molecule has 0 radical (unpaired) electrons. The Balaban J connectivity index is 1.43. The maximum Gasteiger partial charge on any atom is 0.229 e. The van der Waals surface area contributed by atoms with Crippen molar-refractivity contribution in [1.29, 1.82) is 10.5 Å². The summed E-state index contributed by atoms with van der Waals surface area (Å²) >= 11 is 0. The van der Waals surface area contributed by atoms with Crippen molar-refractivity contribution >= 4 is 22.8 Å². The second-order valence-corrected chi connectivity index (χ2v) is 11.0. The number of fused-ring (bicyclic) bond motifs is 1. The first-order valence-corrected chi connectivity index (χ1v) is 13.6. The number of benzene rings is 1. The summed E-state index contributed by atoms with van der Waals surface area (Å²) in [7, 11) is 0. The van der Waals surface area contributed by atoms with E-state index in [0.717, 1.165) is 5.69 Å². The molecule has 12 heteroatoms. The highest BCUT2D eigenvalue weighted by Gasteiger charge is 2.34. The Bertz CT molecular complexity index is 1660. The summed E-state index contributed by atoms with van der Waals surface area (Å²) in [6.45, 7) is 6.81. The Morgan fingerprint density at radius 1 is 1.14 bits per heavy atom. The molecule has 3 N–H and O–H groups in total. The van der Waals surface area contributed by atoms with Gasteiger partial charge in [-0.15, -0.1) is 0 Å². The van der Waals surface area contributed by atoms with Gasteiger partial charge in [-0.2, -0.15) is 20.1 Å². The van der Waals surface area contributed by atoms with E-state index in [1.165, 1.54) is 22.7 Å². The molecule has 1 aliphatic heterocycles. The monoisotopic (exact) mass is 571 g/mol. The summed E-state index contributed by atoms with van der Waals surface area (Å²) in [5.74, 6) is -1.18. The average molecular weight is 572 g/mol. The number of piperidine rings is 1. The molecular weight excluding hydrogens is 540 g/mol. The first-order valence-electron chi connectivity index (χ1n) is 13.6. The molecule has 0 amide bonds. The molecule has 10 nitrogen and oxygen atoms in total. The van der Waals surface area contributed by atoms with E-state index in [0.29, 0.717) is 43.3 Å². The van der Waals surface area contributed by atoms with Gasteiger partial charge in [0, 0.05) is 31.2 Å². The first-order chi connectivity index (χ1) is 20.1. The Morgan fingerprint density at radius 2 is 1.90 bits per heavy atom. The molecule has 1 aromatic carbocycles. The van der Waals surface area contributed by atoms with E-state index in [2.05, 4.69) is 44.3 Å². The van der Waals surface area contributed by atoms with Crippen LogP contribution >= 0.6 is 0 Å². The standard InChI is InChI=1S/C30H31F2N9O/c1-18-15-40(16-23(35)28(18)42-10-4-8-33)26-7-9-36-14-25(26)38-29-37-13-20-5-6-24(39-41(20)29)27-21(31)11-19(12-22(27)32)30(2,3)17-34/h5-7,9,11-14,18,23,28H,4,10,15-16,35H2,1-3H3,(H,37,38)/t18-,23+,28-/m0/s1. The molecule has 3 aromatic heterocycles. The summed E-state index contributed by atoms with van der Waals surface area (Å²) in [6.07, 6.45) is 5.11.